The van der Waals surface area contributed by atoms with Crippen molar-refractivity contribution in [2.45, 2.75) is 13.8 Å². The van der Waals surface area contributed by atoms with E-state index in [-0.39, 0.29) is 6.54 Å². The van der Waals surface area contributed by atoms with Gasteiger partial charge in [0.15, 0.2) is 5.58 Å². The summed E-state index contributed by atoms with van der Waals surface area (Å²) in [5.74, 6) is -0.558. The summed E-state index contributed by atoms with van der Waals surface area (Å²) in [6, 6.07) is 7.77. The summed E-state index contributed by atoms with van der Waals surface area (Å²) in [6.45, 7) is 4.54. The highest BCUT2D eigenvalue weighted by Gasteiger charge is 2.17. The Morgan fingerprint density at radius 2 is 2.17 bits per heavy atom. The molecule has 0 radical (unpaired) electrons. The highest BCUT2D eigenvalue weighted by atomic mass is 16.4. The van der Waals surface area contributed by atoms with Crippen LogP contribution in [0.5, 0.6) is 0 Å². The van der Waals surface area contributed by atoms with Crippen molar-refractivity contribution >= 4 is 23.1 Å². The zero-order valence-corrected chi connectivity index (χ0v) is 10.5. The Hall–Kier alpha value is -2.04. The fourth-order valence-corrected chi connectivity index (χ4v) is 1.81. The van der Waals surface area contributed by atoms with Gasteiger partial charge in [0.05, 0.1) is 0 Å². The summed E-state index contributed by atoms with van der Waals surface area (Å²) in [6.07, 6.45) is 0. The van der Waals surface area contributed by atoms with E-state index in [2.05, 4.69) is 4.98 Å². The normalized spacial score (nSPS) is 11.1. The van der Waals surface area contributed by atoms with Crippen LogP contribution >= 0.6 is 0 Å². The maximum Gasteiger partial charge on any atom is 0.323 e. The maximum absolute atomic E-state index is 10.9. The number of hydrogen-bond acceptors (Lipinski definition) is 4. The van der Waals surface area contributed by atoms with Crippen LogP contribution in [0.2, 0.25) is 0 Å². The number of carbonyl (C=O) groups is 1. The van der Waals surface area contributed by atoms with Gasteiger partial charge in [0.2, 0.25) is 0 Å². The van der Waals surface area contributed by atoms with Crippen molar-refractivity contribution in [3.63, 3.8) is 0 Å². The van der Waals surface area contributed by atoms with Crippen molar-refractivity contribution in [2.75, 3.05) is 18.0 Å². The van der Waals surface area contributed by atoms with Crippen LogP contribution in [0, 0.1) is 5.92 Å². The van der Waals surface area contributed by atoms with Crippen molar-refractivity contribution in [3.8, 4) is 0 Å². The number of carboxylic acid groups (broad SMARTS) is 1. The molecule has 2 rings (SSSR count). The molecule has 0 saturated heterocycles. The standard InChI is InChI=1S/C13H16N2O3/c1-9(2)7-15(8-12(16)17)13-14-10-5-3-4-6-11(10)18-13/h3-6,9H,7-8H2,1-2H3,(H,16,17). The molecule has 18 heavy (non-hydrogen) atoms. The fourth-order valence-electron chi connectivity index (χ4n) is 1.81. The van der Waals surface area contributed by atoms with Crippen LogP contribution < -0.4 is 4.90 Å². The highest BCUT2D eigenvalue weighted by Crippen LogP contribution is 2.22. The van der Waals surface area contributed by atoms with Gasteiger partial charge in [0, 0.05) is 6.54 Å². The number of carboxylic acids is 1. The monoisotopic (exact) mass is 248 g/mol. The van der Waals surface area contributed by atoms with E-state index in [1.54, 1.807) is 4.90 Å². The zero-order valence-electron chi connectivity index (χ0n) is 10.5. The molecule has 0 bridgehead atoms. The molecule has 2 aromatic rings. The number of aliphatic carboxylic acids is 1. The average Bonchev–Trinajstić information content (AvgIpc) is 2.70. The molecular weight excluding hydrogens is 232 g/mol. The van der Waals surface area contributed by atoms with Crippen LogP contribution in [0.1, 0.15) is 13.8 Å². The first-order valence-electron chi connectivity index (χ1n) is 5.88. The average molecular weight is 248 g/mol. The molecule has 0 aliphatic heterocycles. The minimum Gasteiger partial charge on any atom is -0.480 e. The first-order chi connectivity index (χ1) is 8.56. The van der Waals surface area contributed by atoms with Gasteiger partial charge in [-0.05, 0) is 18.1 Å². The molecule has 1 aromatic carbocycles. The fraction of sp³-hybridized carbons (Fsp3) is 0.385. The summed E-state index contributed by atoms with van der Waals surface area (Å²) in [5, 5.41) is 8.92. The predicted octanol–water partition coefficient (Wildman–Crippen LogP) is 2.37. The predicted molar refractivity (Wildman–Crippen MR) is 68.7 cm³/mol. The third-order valence-corrected chi connectivity index (χ3v) is 2.46. The van der Waals surface area contributed by atoms with Crippen LogP contribution in [0.25, 0.3) is 11.1 Å². The molecule has 1 heterocycles. The lowest BCUT2D eigenvalue weighted by Gasteiger charge is -2.20. The van der Waals surface area contributed by atoms with Gasteiger partial charge in [-0.15, -0.1) is 0 Å². The molecule has 0 unspecified atom stereocenters. The van der Waals surface area contributed by atoms with Crippen molar-refractivity contribution in [3.05, 3.63) is 24.3 Å². The highest BCUT2D eigenvalue weighted by molar-refractivity contribution is 5.76. The Kier molecular flexibility index (Phi) is 3.50. The molecule has 0 aliphatic carbocycles. The van der Waals surface area contributed by atoms with Gasteiger partial charge < -0.3 is 14.4 Å². The summed E-state index contributed by atoms with van der Waals surface area (Å²) >= 11 is 0. The van der Waals surface area contributed by atoms with Gasteiger partial charge in [-0.2, -0.15) is 4.98 Å². The molecule has 5 nitrogen and oxygen atoms in total. The Labute approximate surface area is 105 Å². The van der Waals surface area contributed by atoms with Crippen LogP contribution in [-0.2, 0) is 4.79 Å². The summed E-state index contributed by atoms with van der Waals surface area (Å²) in [5.41, 5.74) is 1.42. The van der Waals surface area contributed by atoms with E-state index in [4.69, 9.17) is 9.52 Å². The minimum absolute atomic E-state index is 0.106. The smallest absolute Gasteiger partial charge is 0.323 e. The van der Waals surface area contributed by atoms with Crippen molar-refractivity contribution in [1.29, 1.82) is 0 Å². The topological polar surface area (TPSA) is 66.6 Å². The van der Waals surface area contributed by atoms with Gasteiger partial charge in [0.25, 0.3) is 6.01 Å². The zero-order chi connectivity index (χ0) is 13.1. The Morgan fingerprint density at radius 3 is 2.78 bits per heavy atom. The number of nitrogens with zero attached hydrogens (tertiary/aromatic N) is 2. The molecular formula is C13H16N2O3. The van der Waals surface area contributed by atoms with E-state index >= 15 is 0 Å². The number of para-hydroxylation sites is 2. The summed E-state index contributed by atoms with van der Waals surface area (Å²) in [7, 11) is 0. The van der Waals surface area contributed by atoms with E-state index < -0.39 is 5.97 Å². The second kappa shape index (κ2) is 5.08. The largest absolute Gasteiger partial charge is 0.480 e. The van der Waals surface area contributed by atoms with Gasteiger partial charge in [-0.25, -0.2) is 0 Å². The molecule has 96 valence electrons. The summed E-state index contributed by atoms with van der Waals surface area (Å²) in [4.78, 5) is 16.8. The maximum atomic E-state index is 10.9. The van der Waals surface area contributed by atoms with Gasteiger partial charge in [-0.1, -0.05) is 26.0 Å². The lowest BCUT2D eigenvalue weighted by molar-refractivity contribution is -0.135. The SMILES string of the molecule is CC(C)CN(CC(=O)O)c1nc2ccccc2o1. The van der Waals surface area contributed by atoms with Crippen molar-refractivity contribution in [1.82, 2.24) is 4.98 Å². The van der Waals surface area contributed by atoms with Crippen molar-refractivity contribution in [2.24, 2.45) is 5.92 Å². The number of anilines is 1. The number of hydrogen-bond donors (Lipinski definition) is 1. The number of benzene rings is 1. The van der Waals surface area contributed by atoms with Gasteiger partial charge >= 0.3 is 5.97 Å². The third-order valence-electron chi connectivity index (χ3n) is 2.46. The minimum atomic E-state index is -0.891. The molecule has 0 spiro atoms. The van der Waals surface area contributed by atoms with Crippen LogP contribution in [0.4, 0.5) is 6.01 Å². The number of rotatable bonds is 5. The number of oxazole rings is 1. The van der Waals surface area contributed by atoms with E-state index in [1.807, 2.05) is 38.1 Å². The molecule has 0 atom stereocenters. The molecule has 1 aromatic heterocycles. The molecule has 0 fully saturated rings. The van der Waals surface area contributed by atoms with E-state index in [0.717, 1.165) is 5.52 Å². The molecule has 0 amide bonds. The Balaban J connectivity index is 2.31. The van der Waals surface area contributed by atoms with E-state index in [9.17, 15) is 4.79 Å². The Bertz CT molecular complexity index is 515. The third kappa shape index (κ3) is 2.80. The number of aromatic nitrogens is 1. The second-order valence-electron chi connectivity index (χ2n) is 4.63. The number of fused-ring (bicyclic) bond motifs is 1. The summed E-state index contributed by atoms with van der Waals surface area (Å²) < 4.78 is 5.58. The molecule has 0 saturated carbocycles. The lowest BCUT2D eigenvalue weighted by Crippen LogP contribution is -2.33. The van der Waals surface area contributed by atoms with Crippen LogP contribution in [0.3, 0.4) is 0 Å². The van der Waals surface area contributed by atoms with Gasteiger partial charge in [0.1, 0.15) is 12.1 Å². The molecule has 0 aliphatic rings. The lowest BCUT2D eigenvalue weighted by atomic mass is 10.2. The first-order valence-corrected chi connectivity index (χ1v) is 5.88. The van der Waals surface area contributed by atoms with Crippen LogP contribution in [0.15, 0.2) is 28.7 Å². The van der Waals surface area contributed by atoms with Crippen LogP contribution in [-0.4, -0.2) is 29.1 Å². The van der Waals surface area contributed by atoms with Gasteiger partial charge in [-0.3, -0.25) is 4.79 Å². The van der Waals surface area contributed by atoms with E-state index in [0.29, 0.717) is 24.1 Å². The second-order valence-corrected chi connectivity index (χ2v) is 4.63. The quantitative estimate of drug-likeness (QED) is 0.879. The Morgan fingerprint density at radius 1 is 1.44 bits per heavy atom. The van der Waals surface area contributed by atoms with E-state index in [1.165, 1.54) is 0 Å². The molecule has 1 N–H and O–H groups in total. The molecule has 5 heteroatoms. The van der Waals surface area contributed by atoms with Crippen molar-refractivity contribution < 1.29 is 14.3 Å². The first kappa shape index (κ1) is 12.4.